The fourth-order valence-electron chi connectivity index (χ4n) is 1.67. The Bertz CT molecular complexity index is 581. The van der Waals surface area contributed by atoms with Crippen molar-refractivity contribution in [3.05, 3.63) is 59.2 Å². The highest BCUT2D eigenvalue weighted by Crippen LogP contribution is 2.14. The number of carbonyl (C=O) groups excluding carboxylic acids is 1. The zero-order valence-corrected chi connectivity index (χ0v) is 9.56. The van der Waals surface area contributed by atoms with Crippen LogP contribution in [0.2, 0.25) is 0 Å². The van der Waals surface area contributed by atoms with E-state index >= 15 is 0 Å². The van der Waals surface area contributed by atoms with Crippen LogP contribution in [0.15, 0.2) is 36.5 Å². The highest BCUT2D eigenvalue weighted by atomic mass is 19.1. The van der Waals surface area contributed by atoms with Gasteiger partial charge in [0.05, 0.1) is 5.69 Å². The average Bonchev–Trinajstić information content (AvgIpc) is 2.32. The van der Waals surface area contributed by atoms with Crippen LogP contribution < -0.4 is 11.5 Å². The maximum absolute atomic E-state index is 12.7. The van der Waals surface area contributed by atoms with Crippen molar-refractivity contribution in [1.82, 2.24) is 4.98 Å². The van der Waals surface area contributed by atoms with Gasteiger partial charge in [0.25, 0.3) is 5.91 Å². The molecule has 1 amide bonds. The minimum Gasteiger partial charge on any atom is -0.397 e. The predicted molar refractivity (Wildman–Crippen MR) is 66.4 cm³/mol. The fourth-order valence-corrected chi connectivity index (χ4v) is 1.67. The van der Waals surface area contributed by atoms with E-state index in [1.807, 2.05) is 0 Å². The molecule has 2 rings (SSSR count). The Hall–Kier alpha value is -2.43. The quantitative estimate of drug-likeness (QED) is 0.859. The molecule has 1 aromatic heterocycles. The van der Waals surface area contributed by atoms with Gasteiger partial charge in [-0.3, -0.25) is 4.79 Å². The van der Waals surface area contributed by atoms with Gasteiger partial charge in [0, 0.05) is 6.20 Å². The van der Waals surface area contributed by atoms with E-state index in [2.05, 4.69) is 4.98 Å². The number of nitrogens with zero attached hydrogens (tertiary/aromatic N) is 1. The van der Waals surface area contributed by atoms with Crippen molar-refractivity contribution in [2.24, 2.45) is 5.73 Å². The van der Waals surface area contributed by atoms with Crippen LogP contribution in [0.5, 0.6) is 0 Å². The first-order valence-electron chi connectivity index (χ1n) is 5.35. The van der Waals surface area contributed by atoms with Crippen molar-refractivity contribution < 1.29 is 9.18 Å². The first kappa shape index (κ1) is 12.0. The van der Waals surface area contributed by atoms with Gasteiger partial charge in [0.2, 0.25) is 0 Å². The predicted octanol–water partition coefficient (Wildman–Crippen LogP) is 1.49. The molecule has 92 valence electrons. The number of hydrogen-bond donors (Lipinski definition) is 2. The maximum atomic E-state index is 12.7. The number of aromatic nitrogens is 1. The molecule has 0 aliphatic carbocycles. The SMILES string of the molecule is NC(=O)c1ncc(Cc2ccc(F)cc2)cc1N. The molecule has 4 nitrogen and oxygen atoms in total. The monoisotopic (exact) mass is 245 g/mol. The molecule has 0 radical (unpaired) electrons. The van der Waals surface area contributed by atoms with Crippen molar-refractivity contribution >= 4 is 11.6 Å². The molecule has 18 heavy (non-hydrogen) atoms. The fraction of sp³-hybridized carbons (Fsp3) is 0.0769. The molecule has 2 aromatic rings. The minimum atomic E-state index is -0.652. The lowest BCUT2D eigenvalue weighted by atomic mass is 10.1. The molecule has 0 spiro atoms. The summed E-state index contributed by atoms with van der Waals surface area (Å²) < 4.78 is 12.7. The highest BCUT2D eigenvalue weighted by Gasteiger charge is 2.08. The van der Waals surface area contributed by atoms with Crippen molar-refractivity contribution in [2.75, 3.05) is 5.73 Å². The van der Waals surface area contributed by atoms with Crippen LogP contribution in [-0.2, 0) is 6.42 Å². The Morgan fingerprint density at radius 2 is 1.89 bits per heavy atom. The zero-order valence-electron chi connectivity index (χ0n) is 9.56. The van der Waals surface area contributed by atoms with Crippen LogP contribution in [0.25, 0.3) is 0 Å². The third-order valence-electron chi connectivity index (χ3n) is 2.53. The van der Waals surface area contributed by atoms with Gasteiger partial charge in [-0.25, -0.2) is 9.37 Å². The molecule has 0 fully saturated rings. The van der Waals surface area contributed by atoms with Gasteiger partial charge in [-0.15, -0.1) is 0 Å². The van der Waals surface area contributed by atoms with E-state index in [9.17, 15) is 9.18 Å². The summed E-state index contributed by atoms with van der Waals surface area (Å²) in [4.78, 5) is 14.9. The average molecular weight is 245 g/mol. The summed E-state index contributed by atoms with van der Waals surface area (Å²) in [7, 11) is 0. The van der Waals surface area contributed by atoms with Crippen LogP contribution in [-0.4, -0.2) is 10.9 Å². The van der Waals surface area contributed by atoms with Crippen LogP contribution in [0.1, 0.15) is 21.6 Å². The van der Waals surface area contributed by atoms with Crippen molar-refractivity contribution in [1.29, 1.82) is 0 Å². The van der Waals surface area contributed by atoms with Crippen LogP contribution in [0.4, 0.5) is 10.1 Å². The molecule has 1 aromatic carbocycles. The smallest absolute Gasteiger partial charge is 0.269 e. The standard InChI is InChI=1S/C13H12FN3O/c14-10-3-1-8(2-4-10)5-9-6-11(15)12(13(16)18)17-7-9/h1-4,6-7H,5,15H2,(H2,16,18). The lowest BCUT2D eigenvalue weighted by molar-refractivity contribution is 0.0996. The number of nitrogens with two attached hydrogens (primary N) is 2. The number of benzene rings is 1. The van der Waals surface area contributed by atoms with Gasteiger partial charge in [-0.1, -0.05) is 12.1 Å². The molecule has 0 unspecified atom stereocenters. The van der Waals surface area contributed by atoms with E-state index in [0.29, 0.717) is 6.42 Å². The summed E-state index contributed by atoms with van der Waals surface area (Å²) in [5.41, 5.74) is 12.9. The summed E-state index contributed by atoms with van der Waals surface area (Å²) in [6, 6.07) is 7.81. The molecule has 0 saturated heterocycles. The number of primary amides is 1. The van der Waals surface area contributed by atoms with Gasteiger partial charge < -0.3 is 11.5 Å². The molecule has 0 aliphatic rings. The first-order valence-corrected chi connectivity index (χ1v) is 5.35. The number of carbonyl (C=O) groups is 1. The van der Waals surface area contributed by atoms with E-state index in [0.717, 1.165) is 11.1 Å². The Morgan fingerprint density at radius 3 is 2.44 bits per heavy atom. The molecule has 0 bridgehead atoms. The summed E-state index contributed by atoms with van der Waals surface area (Å²) >= 11 is 0. The van der Waals surface area contributed by atoms with Gasteiger partial charge in [0.15, 0.2) is 5.69 Å². The van der Waals surface area contributed by atoms with Crippen molar-refractivity contribution in [2.45, 2.75) is 6.42 Å². The number of nitrogen functional groups attached to an aromatic ring is 1. The third-order valence-corrected chi connectivity index (χ3v) is 2.53. The highest BCUT2D eigenvalue weighted by molar-refractivity contribution is 5.95. The molecule has 5 heteroatoms. The first-order chi connectivity index (χ1) is 8.56. The van der Waals surface area contributed by atoms with E-state index in [1.54, 1.807) is 24.4 Å². The van der Waals surface area contributed by atoms with Crippen molar-refractivity contribution in [3.8, 4) is 0 Å². The third kappa shape index (κ3) is 2.63. The Kier molecular flexibility index (Phi) is 3.23. The summed E-state index contributed by atoms with van der Waals surface area (Å²) in [6.07, 6.45) is 2.11. The second-order valence-corrected chi connectivity index (χ2v) is 3.95. The van der Waals surface area contributed by atoms with Crippen molar-refractivity contribution in [3.63, 3.8) is 0 Å². The van der Waals surface area contributed by atoms with E-state index < -0.39 is 5.91 Å². The molecule has 0 saturated carbocycles. The molecule has 4 N–H and O–H groups in total. The van der Waals surface area contributed by atoms with E-state index in [4.69, 9.17) is 11.5 Å². The molecule has 0 aliphatic heterocycles. The van der Waals surface area contributed by atoms with Gasteiger partial charge in [0.1, 0.15) is 5.82 Å². The Morgan fingerprint density at radius 1 is 1.22 bits per heavy atom. The van der Waals surface area contributed by atoms with Crippen LogP contribution in [0.3, 0.4) is 0 Å². The number of anilines is 1. The van der Waals surface area contributed by atoms with Gasteiger partial charge in [-0.05, 0) is 35.7 Å². The van der Waals surface area contributed by atoms with Crippen LogP contribution in [0, 0.1) is 5.82 Å². The number of halogens is 1. The summed E-state index contributed by atoms with van der Waals surface area (Å²) in [5, 5.41) is 0. The van der Waals surface area contributed by atoms with Gasteiger partial charge in [-0.2, -0.15) is 0 Å². The second-order valence-electron chi connectivity index (χ2n) is 3.95. The topological polar surface area (TPSA) is 82.0 Å². The lowest BCUT2D eigenvalue weighted by Crippen LogP contribution is -2.15. The number of hydrogen-bond acceptors (Lipinski definition) is 3. The Balaban J connectivity index is 2.22. The maximum Gasteiger partial charge on any atom is 0.269 e. The van der Waals surface area contributed by atoms with Gasteiger partial charge >= 0.3 is 0 Å². The summed E-state index contributed by atoms with van der Waals surface area (Å²) in [5.74, 6) is -0.929. The lowest BCUT2D eigenvalue weighted by Gasteiger charge is -2.05. The molecular weight excluding hydrogens is 233 g/mol. The normalized spacial score (nSPS) is 10.3. The number of rotatable bonds is 3. The van der Waals surface area contributed by atoms with E-state index in [1.165, 1.54) is 12.1 Å². The number of amides is 1. The molecule has 0 atom stereocenters. The minimum absolute atomic E-state index is 0.0675. The zero-order chi connectivity index (χ0) is 13.1. The second kappa shape index (κ2) is 4.83. The van der Waals surface area contributed by atoms with E-state index in [-0.39, 0.29) is 17.2 Å². The number of pyridine rings is 1. The Labute approximate surface area is 103 Å². The molecular formula is C13H12FN3O. The largest absolute Gasteiger partial charge is 0.397 e. The summed E-state index contributed by atoms with van der Waals surface area (Å²) in [6.45, 7) is 0. The van der Waals surface area contributed by atoms with Crippen LogP contribution >= 0.6 is 0 Å². The molecule has 1 heterocycles.